The minimum atomic E-state index is -1.33. The summed E-state index contributed by atoms with van der Waals surface area (Å²) in [7, 11) is 0. The zero-order valence-corrected chi connectivity index (χ0v) is 18.1. The van der Waals surface area contributed by atoms with Crippen molar-refractivity contribution in [3.05, 3.63) is 0 Å². The summed E-state index contributed by atoms with van der Waals surface area (Å²) >= 11 is 3.91. The van der Waals surface area contributed by atoms with Gasteiger partial charge in [-0.05, 0) is 38.6 Å². The monoisotopic (exact) mass is 461 g/mol. The number of carboxylic acids is 2. The Morgan fingerprint density at radius 2 is 1.77 bits per heavy atom. The van der Waals surface area contributed by atoms with Crippen molar-refractivity contribution in [3.8, 4) is 0 Å². The standard InChI is InChI=1S/C18H31N5O7S/c19-6-2-1-4-11(21-15(26)10(20)8-14(24)25)17(28)23-7-3-5-13(23)16(27)22-12(9-31)18(29)30/h10-13,31H,1-9,19-20H2,(H,21,26)(H,22,27)(H,24,25)(H,29,30). The SMILES string of the molecule is NCCCCC(NC(=O)C(N)CC(=O)O)C(=O)N1CCCC1C(=O)NC(CS)C(=O)O. The van der Waals surface area contributed by atoms with Crippen LogP contribution in [0, 0.1) is 0 Å². The molecule has 1 aliphatic heterocycles. The van der Waals surface area contributed by atoms with E-state index in [1.807, 2.05) is 0 Å². The van der Waals surface area contributed by atoms with Crippen LogP contribution in [0.3, 0.4) is 0 Å². The molecule has 31 heavy (non-hydrogen) atoms. The van der Waals surface area contributed by atoms with E-state index < -0.39 is 60.2 Å². The van der Waals surface area contributed by atoms with Crippen molar-refractivity contribution in [2.45, 2.75) is 62.7 Å². The first-order valence-corrected chi connectivity index (χ1v) is 10.7. The lowest BCUT2D eigenvalue weighted by molar-refractivity contribution is -0.144. The normalized spacial score (nSPS) is 18.7. The van der Waals surface area contributed by atoms with Crippen LogP contribution >= 0.6 is 12.6 Å². The number of carboxylic acid groups (broad SMARTS) is 2. The summed E-state index contributed by atoms with van der Waals surface area (Å²) in [6.07, 6.45) is 1.65. The zero-order chi connectivity index (χ0) is 23.6. The van der Waals surface area contributed by atoms with Crippen molar-refractivity contribution in [1.29, 1.82) is 0 Å². The molecular formula is C18H31N5O7S. The van der Waals surface area contributed by atoms with Gasteiger partial charge in [0, 0.05) is 12.3 Å². The first-order chi connectivity index (χ1) is 14.6. The smallest absolute Gasteiger partial charge is 0.327 e. The van der Waals surface area contributed by atoms with Gasteiger partial charge in [-0.25, -0.2) is 4.79 Å². The van der Waals surface area contributed by atoms with E-state index in [2.05, 4.69) is 23.3 Å². The Hall–Kier alpha value is -2.38. The molecule has 1 heterocycles. The minimum Gasteiger partial charge on any atom is -0.481 e. The topological polar surface area (TPSA) is 205 Å². The summed E-state index contributed by atoms with van der Waals surface area (Å²) in [5.74, 6) is -4.50. The van der Waals surface area contributed by atoms with Crippen LogP contribution in [0.4, 0.5) is 0 Å². The number of aliphatic carboxylic acids is 2. The van der Waals surface area contributed by atoms with Gasteiger partial charge in [0.15, 0.2) is 0 Å². The van der Waals surface area contributed by atoms with Crippen LogP contribution in [-0.2, 0) is 24.0 Å². The third-order valence-corrected chi connectivity index (χ3v) is 5.29. The molecule has 4 unspecified atom stereocenters. The molecule has 0 bridgehead atoms. The number of nitrogens with zero attached hydrogens (tertiary/aromatic N) is 1. The Bertz CT molecular complexity index is 678. The predicted octanol–water partition coefficient (Wildman–Crippen LogP) is -2.11. The number of hydrogen-bond acceptors (Lipinski definition) is 8. The fraction of sp³-hybridized carbons (Fsp3) is 0.722. The zero-order valence-electron chi connectivity index (χ0n) is 17.2. The van der Waals surface area contributed by atoms with E-state index in [9.17, 15) is 24.0 Å². The lowest BCUT2D eigenvalue weighted by Crippen LogP contribution is -2.57. The molecule has 0 aromatic rings. The number of carbonyl (C=O) groups excluding carboxylic acids is 3. The molecule has 0 aromatic carbocycles. The second-order valence-electron chi connectivity index (χ2n) is 7.32. The van der Waals surface area contributed by atoms with Gasteiger partial charge in [0.25, 0.3) is 0 Å². The highest BCUT2D eigenvalue weighted by atomic mass is 32.1. The highest BCUT2D eigenvalue weighted by molar-refractivity contribution is 7.80. The third kappa shape index (κ3) is 8.34. The Morgan fingerprint density at radius 3 is 2.32 bits per heavy atom. The number of amides is 3. The van der Waals surface area contributed by atoms with Crippen LogP contribution in [0.15, 0.2) is 0 Å². The molecule has 0 aliphatic carbocycles. The molecule has 1 saturated heterocycles. The Balaban J connectivity index is 2.92. The Morgan fingerprint density at radius 1 is 1.10 bits per heavy atom. The summed E-state index contributed by atoms with van der Waals surface area (Å²) in [5.41, 5.74) is 11.1. The van der Waals surface area contributed by atoms with Gasteiger partial charge in [0.2, 0.25) is 17.7 Å². The van der Waals surface area contributed by atoms with Gasteiger partial charge in [0.05, 0.1) is 12.5 Å². The molecule has 0 radical (unpaired) electrons. The fourth-order valence-corrected chi connectivity index (χ4v) is 3.51. The van der Waals surface area contributed by atoms with Gasteiger partial charge in [-0.15, -0.1) is 0 Å². The molecule has 12 nitrogen and oxygen atoms in total. The average Bonchev–Trinajstić information content (AvgIpc) is 3.19. The van der Waals surface area contributed by atoms with Gasteiger partial charge >= 0.3 is 11.9 Å². The number of unbranched alkanes of at least 4 members (excludes halogenated alkanes) is 1. The molecule has 1 rings (SSSR count). The number of carbonyl (C=O) groups is 5. The van der Waals surface area contributed by atoms with Gasteiger partial charge in [-0.2, -0.15) is 12.6 Å². The van der Waals surface area contributed by atoms with Crippen molar-refractivity contribution >= 4 is 42.3 Å². The van der Waals surface area contributed by atoms with E-state index in [1.54, 1.807) is 0 Å². The highest BCUT2D eigenvalue weighted by Crippen LogP contribution is 2.20. The number of nitrogens with one attached hydrogen (secondary N) is 2. The van der Waals surface area contributed by atoms with Crippen LogP contribution in [0.1, 0.15) is 38.5 Å². The first kappa shape index (κ1) is 26.7. The van der Waals surface area contributed by atoms with Gasteiger partial charge in [-0.3, -0.25) is 19.2 Å². The molecule has 0 saturated carbocycles. The van der Waals surface area contributed by atoms with Gasteiger partial charge in [-0.1, -0.05) is 0 Å². The quantitative estimate of drug-likeness (QED) is 0.118. The van der Waals surface area contributed by atoms with Crippen molar-refractivity contribution in [3.63, 3.8) is 0 Å². The number of hydrogen-bond donors (Lipinski definition) is 7. The second kappa shape index (κ2) is 13.1. The minimum absolute atomic E-state index is 0.110. The predicted molar refractivity (Wildman–Crippen MR) is 113 cm³/mol. The van der Waals surface area contributed by atoms with Crippen molar-refractivity contribution < 1.29 is 34.2 Å². The molecule has 0 spiro atoms. The van der Waals surface area contributed by atoms with Crippen molar-refractivity contribution in [1.82, 2.24) is 15.5 Å². The summed E-state index contributed by atoms with van der Waals surface area (Å²) in [5, 5.41) is 22.8. The molecule has 0 aromatic heterocycles. The van der Waals surface area contributed by atoms with E-state index in [0.29, 0.717) is 32.2 Å². The van der Waals surface area contributed by atoms with Crippen molar-refractivity contribution in [2.75, 3.05) is 18.8 Å². The van der Waals surface area contributed by atoms with E-state index in [4.69, 9.17) is 21.7 Å². The number of thiol groups is 1. The lowest BCUT2D eigenvalue weighted by atomic mass is 10.1. The van der Waals surface area contributed by atoms with Gasteiger partial charge in [0.1, 0.15) is 18.1 Å². The molecule has 176 valence electrons. The highest BCUT2D eigenvalue weighted by Gasteiger charge is 2.38. The maximum atomic E-state index is 13.1. The van der Waals surface area contributed by atoms with Gasteiger partial charge < -0.3 is 37.2 Å². The van der Waals surface area contributed by atoms with E-state index in [0.717, 1.165) is 0 Å². The number of rotatable bonds is 13. The Kier molecular flexibility index (Phi) is 11.3. The van der Waals surface area contributed by atoms with Crippen LogP contribution in [0.2, 0.25) is 0 Å². The molecule has 4 atom stereocenters. The fourth-order valence-electron chi connectivity index (χ4n) is 3.27. The molecular weight excluding hydrogens is 430 g/mol. The van der Waals surface area contributed by atoms with E-state index in [1.165, 1.54) is 4.90 Å². The molecule has 8 N–H and O–H groups in total. The number of nitrogens with two attached hydrogens (primary N) is 2. The van der Waals surface area contributed by atoms with Crippen LogP contribution in [0.5, 0.6) is 0 Å². The van der Waals surface area contributed by atoms with Crippen molar-refractivity contribution in [2.24, 2.45) is 11.5 Å². The van der Waals surface area contributed by atoms with E-state index in [-0.39, 0.29) is 18.7 Å². The summed E-state index contributed by atoms with van der Waals surface area (Å²) in [6, 6.07) is -4.41. The van der Waals surface area contributed by atoms with Crippen LogP contribution in [-0.4, -0.2) is 87.8 Å². The molecule has 1 fully saturated rings. The van der Waals surface area contributed by atoms with E-state index >= 15 is 0 Å². The van der Waals surface area contributed by atoms with Crippen LogP contribution in [0.25, 0.3) is 0 Å². The summed E-state index contributed by atoms with van der Waals surface area (Å²) in [4.78, 5) is 61.2. The average molecular weight is 462 g/mol. The molecule has 13 heteroatoms. The Labute approximate surface area is 185 Å². The molecule has 3 amide bonds. The molecule has 1 aliphatic rings. The second-order valence-corrected chi connectivity index (χ2v) is 7.69. The summed E-state index contributed by atoms with van der Waals surface area (Å²) in [6.45, 7) is 0.655. The maximum absolute atomic E-state index is 13.1. The van der Waals surface area contributed by atoms with Crippen LogP contribution < -0.4 is 22.1 Å². The largest absolute Gasteiger partial charge is 0.481 e. The third-order valence-electron chi connectivity index (χ3n) is 4.93. The lowest BCUT2D eigenvalue weighted by Gasteiger charge is -2.29. The number of likely N-dealkylation sites (tertiary alicyclic amines) is 1. The summed E-state index contributed by atoms with van der Waals surface area (Å²) < 4.78 is 0. The maximum Gasteiger partial charge on any atom is 0.327 e. The first-order valence-electron chi connectivity index (χ1n) is 10.0.